The lowest BCUT2D eigenvalue weighted by Gasteiger charge is -2.35. The van der Waals surface area contributed by atoms with Crippen LogP contribution in [-0.2, 0) is 4.79 Å². The molecule has 0 radical (unpaired) electrons. The van der Waals surface area contributed by atoms with E-state index in [-0.39, 0.29) is 12.5 Å². The largest absolute Gasteiger partial charge is 0.493 e. The van der Waals surface area contributed by atoms with E-state index >= 15 is 0 Å². The Morgan fingerprint density at radius 1 is 0.853 bits per heavy atom. The molecule has 0 atom stereocenters. The topological polar surface area (TPSA) is 77.0 Å². The lowest BCUT2D eigenvalue weighted by atomic mass is 10.1. The fourth-order valence-corrected chi connectivity index (χ4v) is 3.87. The summed E-state index contributed by atoms with van der Waals surface area (Å²) >= 11 is 0. The molecular weight excluding hydrogens is 432 g/mol. The minimum Gasteiger partial charge on any atom is -0.493 e. The van der Waals surface area contributed by atoms with Crippen molar-refractivity contribution in [3.63, 3.8) is 0 Å². The van der Waals surface area contributed by atoms with E-state index in [0.717, 1.165) is 28.4 Å². The Bertz CT molecular complexity index is 1140. The van der Waals surface area contributed by atoms with Crippen LogP contribution in [-0.4, -0.2) is 68.0 Å². The number of amides is 1. The molecule has 8 heteroatoms. The Labute approximate surface area is 200 Å². The van der Waals surface area contributed by atoms with Crippen LogP contribution < -0.4 is 19.1 Å². The molecule has 2 heterocycles. The molecule has 0 bridgehead atoms. The number of anilines is 1. The van der Waals surface area contributed by atoms with Crippen LogP contribution in [0.25, 0.3) is 11.3 Å². The van der Waals surface area contributed by atoms with Gasteiger partial charge in [0.1, 0.15) is 5.75 Å². The molecular formula is C26H30N4O4. The molecule has 1 aromatic heterocycles. The third-order valence-corrected chi connectivity index (χ3v) is 6.13. The van der Waals surface area contributed by atoms with E-state index in [4.69, 9.17) is 14.2 Å². The number of benzene rings is 2. The standard InChI is InChI=1S/C26H30N4O4/c1-18-5-7-21(15-19(18)2)34-17-26(31)30-13-11-29(12-14-30)25-10-8-22(27-28-25)20-6-9-23(32-3)24(16-20)33-4/h5-10,15-16H,11-14,17H2,1-4H3. The van der Waals surface area contributed by atoms with Crippen LogP contribution in [0.15, 0.2) is 48.5 Å². The number of hydrogen-bond donors (Lipinski definition) is 0. The Balaban J connectivity index is 1.31. The van der Waals surface area contributed by atoms with Gasteiger partial charge in [-0.15, -0.1) is 10.2 Å². The molecule has 1 saturated heterocycles. The number of aryl methyl sites for hydroxylation is 2. The van der Waals surface area contributed by atoms with Gasteiger partial charge in [-0.3, -0.25) is 4.79 Å². The van der Waals surface area contributed by atoms with E-state index in [1.54, 1.807) is 14.2 Å². The molecule has 0 aliphatic carbocycles. The van der Waals surface area contributed by atoms with Crippen LogP contribution >= 0.6 is 0 Å². The molecule has 1 amide bonds. The van der Waals surface area contributed by atoms with E-state index in [2.05, 4.69) is 22.0 Å². The Hall–Kier alpha value is -3.81. The minimum absolute atomic E-state index is 0.00670. The van der Waals surface area contributed by atoms with Gasteiger partial charge in [0.05, 0.1) is 19.9 Å². The first kappa shape index (κ1) is 23.4. The molecule has 1 aliphatic heterocycles. The van der Waals surface area contributed by atoms with Gasteiger partial charge in [0, 0.05) is 31.7 Å². The Kier molecular flexibility index (Phi) is 7.15. The molecule has 2 aromatic carbocycles. The van der Waals surface area contributed by atoms with E-state index in [1.807, 2.05) is 60.4 Å². The number of hydrogen-bond acceptors (Lipinski definition) is 7. The summed E-state index contributed by atoms with van der Waals surface area (Å²) in [6.45, 7) is 6.76. The molecule has 0 saturated carbocycles. The van der Waals surface area contributed by atoms with Gasteiger partial charge in [0.2, 0.25) is 0 Å². The van der Waals surface area contributed by atoms with Crippen molar-refractivity contribution in [2.45, 2.75) is 13.8 Å². The van der Waals surface area contributed by atoms with Crippen LogP contribution in [0.5, 0.6) is 17.2 Å². The quantitative estimate of drug-likeness (QED) is 0.532. The van der Waals surface area contributed by atoms with Crippen molar-refractivity contribution in [1.82, 2.24) is 15.1 Å². The van der Waals surface area contributed by atoms with Crippen molar-refractivity contribution in [2.75, 3.05) is 51.9 Å². The molecule has 0 unspecified atom stereocenters. The Morgan fingerprint density at radius 2 is 1.62 bits per heavy atom. The van der Waals surface area contributed by atoms with Crippen LogP contribution in [0.4, 0.5) is 5.82 Å². The summed E-state index contributed by atoms with van der Waals surface area (Å²) in [6.07, 6.45) is 0. The number of carbonyl (C=O) groups is 1. The SMILES string of the molecule is COc1ccc(-c2ccc(N3CCN(C(=O)COc4ccc(C)c(C)c4)CC3)nn2)cc1OC. The van der Waals surface area contributed by atoms with E-state index in [0.29, 0.717) is 37.7 Å². The fourth-order valence-electron chi connectivity index (χ4n) is 3.87. The highest BCUT2D eigenvalue weighted by molar-refractivity contribution is 5.78. The second kappa shape index (κ2) is 10.4. The molecule has 8 nitrogen and oxygen atoms in total. The van der Waals surface area contributed by atoms with Gasteiger partial charge in [-0.1, -0.05) is 6.07 Å². The second-order valence-corrected chi connectivity index (χ2v) is 8.25. The van der Waals surface area contributed by atoms with Gasteiger partial charge >= 0.3 is 0 Å². The Morgan fingerprint density at radius 3 is 2.26 bits per heavy atom. The number of ether oxygens (including phenoxy) is 3. The third kappa shape index (κ3) is 5.22. The maximum atomic E-state index is 12.6. The van der Waals surface area contributed by atoms with Crippen molar-refractivity contribution < 1.29 is 19.0 Å². The van der Waals surface area contributed by atoms with Crippen molar-refractivity contribution in [3.8, 4) is 28.5 Å². The zero-order valence-electron chi connectivity index (χ0n) is 20.1. The maximum absolute atomic E-state index is 12.6. The molecule has 4 rings (SSSR count). The molecule has 34 heavy (non-hydrogen) atoms. The van der Waals surface area contributed by atoms with Gasteiger partial charge < -0.3 is 24.0 Å². The van der Waals surface area contributed by atoms with Crippen LogP contribution in [0.3, 0.4) is 0 Å². The zero-order chi connectivity index (χ0) is 24.1. The number of rotatable bonds is 7. The van der Waals surface area contributed by atoms with Crippen molar-refractivity contribution in [3.05, 3.63) is 59.7 Å². The average molecular weight is 463 g/mol. The highest BCUT2D eigenvalue weighted by Crippen LogP contribution is 2.31. The second-order valence-electron chi connectivity index (χ2n) is 8.25. The van der Waals surface area contributed by atoms with E-state index < -0.39 is 0 Å². The highest BCUT2D eigenvalue weighted by Gasteiger charge is 2.22. The third-order valence-electron chi connectivity index (χ3n) is 6.13. The monoisotopic (exact) mass is 462 g/mol. The van der Waals surface area contributed by atoms with Gasteiger partial charge in [-0.25, -0.2) is 0 Å². The first-order valence-electron chi connectivity index (χ1n) is 11.3. The van der Waals surface area contributed by atoms with Crippen molar-refractivity contribution >= 4 is 11.7 Å². The van der Waals surface area contributed by atoms with Crippen LogP contribution in [0.1, 0.15) is 11.1 Å². The first-order valence-corrected chi connectivity index (χ1v) is 11.3. The lowest BCUT2D eigenvalue weighted by molar-refractivity contribution is -0.133. The maximum Gasteiger partial charge on any atom is 0.260 e. The predicted octanol–water partition coefficient (Wildman–Crippen LogP) is 3.51. The number of piperazine rings is 1. The predicted molar refractivity (Wildman–Crippen MR) is 131 cm³/mol. The van der Waals surface area contributed by atoms with E-state index in [1.165, 1.54) is 5.56 Å². The molecule has 178 valence electrons. The summed E-state index contributed by atoms with van der Waals surface area (Å²) in [5, 5.41) is 8.81. The van der Waals surface area contributed by atoms with Crippen LogP contribution in [0.2, 0.25) is 0 Å². The summed E-state index contributed by atoms with van der Waals surface area (Å²) < 4.78 is 16.4. The minimum atomic E-state index is -0.00670. The summed E-state index contributed by atoms with van der Waals surface area (Å²) in [5.41, 5.74) is 4.00. The molecule has 1 aliphatic rings. The number of nitrogens with zero attached hydrogens (tertiary/aromatic N) is 4. The molecule has 0 spiro atoms. The summed E-state index contributed by atoms with van der Waals surface area (Å²) in [6, 6.07) is 15.4. The van der Waals surface area contributed by atoms with Gasteiger partial charge in [-0.2, -0.15) is 0 Å². The molecule has 1 fully saturated rings. The molecule has 3 aromatic rings. The van der Waals surface area contributed by atoms with Crippen molar-refractivity contribution in [1.29, 1.82) is 0 Å². The number of aromatic nitrogens is 2. The number of carbonyl (C=O) groups excluding carboxylic acids is 1. The summed E-state index contributed by atoms with van der Waals surface area (Å²) in [7, 11) is 3.22. The smallest absolute Gasteiger partial charge is 0.260 e. The summed E-state index contributed by atoms with van der Waals surface area (Å²) in [5.74, 6) is 2.83. The fraction of sp³-hybridized carbons (Fsp3) is 0.346. The number of methoxy groups -OCH3 is 2. The normalized spacial score (nSPS) is 13.5. The van der Waals surface area contributed by atoms with E-state index in [9.17, 15) is 4.79 Å². The summed E-state index contributed by atoms with van der Waals surface area (Å²) in [4.78, 5) is 16.6. The van der Waals surface area contributed by atoms with Gasteiger partial charge in [-0.05, 0) is 67.4 Å². The van der Waals surface area contributed by atoms with Crippen LogP contribution in [0, 0.1) is 13.8 Å². The zero-order valence-corrected chi connectivity index (χ0v) is 20.1. The highest BCUT2D eigenvalue weighted by atomic mass is 16.5. The average Bonchev–Trinajstić information content (AvgIpc) is 2.89. The lowest BCUT2D eigenvalue weighted by Crippen LogP contribution is -2.50. The first-order chi connectivity index (χ1) is 16.5. The van der Waals surface area contributed by atoms with Gasteiger partial charge in [0.15, 0.2) is 23.9 Å². The molecule has 0 N–H and O–H groups in total. The van der Waals surface area contributed by atoms with Crippen molar-refractivity contribution in [2.24, 2.45) is 0 Å². The van der Waals surface area contributed by atoms with Gasteiger partial charge in [0.25, 0.3) is 5.91 Å².